The summed E-state index contributed by atoms with van der Waals surface area (Å²) in [5.74, 6) is 0. The molecule has 0 saturated heterocycles. The van der Waals surface area contributed by atoms with Gasteiger partial charge in [-0.25, -0.2) is 0 Å². The summed E-state index contributed by atoms with van der Waals surface area (Å²) in [7, 11) is 3.42. The molecule has 0 amide bonds. The molecule has 0 saturated carbocycles. The zero-order valence-corrected chi connectivity index (χ0v) is 9.72. The molecule has 1 aromatic rings. The SMILES string of the molecule is COC(C)(CN)c1c(C)nn(C)c1Cl. The predicted molar refractivity (Wildman–Crippen MR) is 56.4 cm³/mol. The predicted octanol–water partition coefficient (Wildman–Crippen LogP) is 1.20. The number of rotatable bonds is 3. The summed E-state index contributed by atoms with van der Waals surface area (Å²) in [6.07, 6.45) is 0. The van der Waals surface area contributed by atoms with Crippen LogP contribution in [-0.4, -0.2) is 23.4 Å². The van der Waals surface area contributed by atoms with Crippen molar-refractivity contribution in [2.75, 3.05) is 13.7 Å². The summed E-state index contributed by atoms with van der Waals surface area (Å²) >= 11 is 6.12. The van der Waals surface area contributed by atoms with Gasteiger partial charge in [0, 0.05) is 26.3 Å². The van der Waals surface area contributed by atoms with Crippen molar-refractivity contribution in [3.05, 3.63) is 16.4 Å². The fraction of sp³-hybridized carbons (Fsp3) is 0.667. The molecule has 5 heteroatoms. The third-order valence-corrected chi connectivity index (χ3v) is 2.95. The lowest BCUT2D eigenvalue weighted by molar-refractivity contribution is 0.00961. The monoisotopic (exact) mass is 217 g/mol. The summed E-state index contributed by atoms with van der Waals surface area (Å²) in [5.41, 5.74) is 6.84. The van der Waals surface area contributed by atoms with E-state index in [4.69, 9.17) is 22.1 Å². The zero-order chi connectivity index (χ0) is 10.9. The van der Waals surface area contributed by atoms with Gasteiger partial charge in [0.2, 0.25) is 0 Å². The van der Waals surface area contributed by atoms with Crippen molar-refractivity contribution in [2.24, 2.45) is 12.8 Å². The zero-order valence-electron chi connectivity index (χ0n) is 8.97. The molecule has 1 aromatic heterocycles. The third kappa shape index (κ3) is 1.65. The van der Waals surface area contributed by atoms with Gasteiger partial charge < -0.3 is 10.5 Å². The fourth-order valence-electron chi connectivity index (χ4n) is 1.52. The van der Waals surface area contributed by atoms with Crippen LogP contribution in [0.4, 0.5) is 0 Å². The Balaban J connectivity index is 3.29. The average molecular weight is 218 g/mol. The van der Waals surface area contributed by atoms with Crippen LogP contribution in [0.3, 0.4) is 0 Å². The van der Waals surface area contributed by atoms with E-state index in [0.29, 0.717) is 11.7 Å². The van der Waals surface area contributed by atoms with Crippen LogP contribution in [0.25, 0.3) is 0 Å². The van der Waals surface area contributed by atoms with E-state index in [2.05, 4.69) is 5.10 Å². The molecule has 0 bridgehead atoms. The lowest BCUT2D eigenvalue weighted by Crippen LogP contribution is -2.34. The van der Waals surface area contributed by atoms with Gasteiger partial charge in [-0.3, -0.25) is 4.68 Å². The van der Waals surface area contributed by atoms with E-state index in [1.165, 1.54) is 0 Å². The van der Waals surface area contributed by atoms with E-state index in [-0.39, 0.29) is 0 Å². The molecular weight excluding hydrogens is 202 g/mol. The number of nitrogens with zero attached hydrogens (tertiary/aromatic N) is 2. The van der Waals surface area contributed by atoms with Crippen molar-refractivity contribution in [3.8, 4) is 0 Å². The van der Waals surface area contributed by atoms with Crippen molar-refractivity contribution in [2.45, 2.75) is 19.4 Å². The molecule has 0 spiro atoms. The van der Waals surface area contributed by atoms with Crippen molar-refractivity contribution < 1.29 is 4.74 Å². The number of hydrogen-bond acceptors (Lipinski definition) is 3. The lowest BCUT2D eigenvalue weighted by atomic mass is 9.97. The normalized spacial score (nSPS) is 15.6. The van der Waals surface area contributed by atoms with Crippen LogP contribution in [0.2, 0.25) is 5.15 Å². The summed E-state index contributed by atoms with van der Waals surface area (Å²) in [6.45, 7) is 4.17. The highest BCUT2D eigenvalue weighted by atomic mass is 35.5. The molecule has 0 aliphatic carbocycles. The molecule has 0 radical (unpaired) electrons. The molecule has 0 aliphatic rings. The Morgan fingerprint density at radius 3 is 2.50 bits per heavy atom. The molecule has 80 valence electrons. The molecule has 0 aromatic carbocycles. The van der Waals surface area contributed by atoms with Gasteiger partial charge in [0.25, 0.3) is 0 Å². The molecule has 1 rings (SSSR count). The number of nitrogens with two attached hydrogens (primary N) is 1. The average Bonchev–Trinajstić information content (AvgIpc) is 2.41. The van der Waals surface area contributed by atoms with Crippen molar-refractivity contribution in [1.82, 2.24) is 9.78 Å². The van der Waals surface area contributed by atoms with Gasteiger partial charge >= 0.3 is 0 Å². The number of ether oxygens (including phenoxy) is 1. The quantitative estimate of drug-likeness (QED) is 0.828. The van der Waals surface area contributed by atoms with Crippen LogP contribution in [0.5, 0.6) is 0 Å². The maximum atomic E-state index is 6.12. The van der Waals surface area contributed by atoms with E-state index in [9.17, 15) is 0 Å². The van der Waals surface area contributed by atoms with Gasteiger partial charge in [0.1, 0.15) is 10.8 Å². The smallest absolute Gasteiger partial charge is 0.133 e. The number of aryl methyl sites for hydroxylation is 2. The maximum absolute atomic E-state index is 6.12. The van der Waals surface area contributed by atoms with Crippen LogP contribution in [0.15, 0.2) is 0 Å². The van der Waals surface area contributed by atoms with Crippen molar-refractivity contribution in [1.29, 1.82) is 0 Å². The van der Waals surface area contributed by atoms with Crippen LogP contribution >= 0.6 is 11.6 Å². The van der Waals surface area contributed by atoms with Gasteiger partial charge in [-0.1, -0.05) is 11.6 Å². The highest BCUT2D eigenvalue weighted by molar-refractivity contribution is 6.30. The lowest BCUT2D eigenvalue weighted by Gasteiger charge is -2.26. The summed E-state index contributed by atoms with van der Waals surface area (Å²) < 4.78 is 7.01. The number of halogens is 1. The topological polar surface area (TPSA) is 53.1 Å². The minimum absolute atomic E-state index is 0.371. The minimum atomic E-state index is -0.560. The number of hydrogen-bond donors (Lipinski definition) is 1. The molecule has 2 N–H and O–H groups in total. The Bertz CT molecular complexity index is 331. The van der Waals surface area contributed by atoms with E-state index in [1.807, 2.05) is 13.8 Å². The second-order valence-corrected chi connectivity index (χ2v) is 3.87. The molecule has 4 nitrogen and oxygen atoms in total. The van der Waals surface area contributed by atoms with Crippen LogP contribution in [0.1, 0.15) is 18.2 Å². The highest BCUT2D eigenvalue weighted by Gasteiger charge is 2.31. The first-order valence-electron chi connectivity index (χ1n) is 4.41. The molecule has 1 atom stereocenters. The van der Waals surface area contributed by atoms with Crippen molar-refractivity contribution in [3.63, 3.8) is 0 Å². The summed E-state index contributed by atoms with van der Waals surface area (Å²) in [6, 6.07) is 0. The Morgan fingerprint density at radius 1 is 1.64 bits per heavy atom. The molecule has 0 aliphatic heterocycles. The molecular formula is C9H16ClN3O. The molecule has 1 unspecified atom stereocenters. The number of methoxy groups -OCH3 is 1. The second-order valence-electron chi connectivity index (χ2n) is 3.51. The van der Waals surface area contributed by atoms with E-state index in [0.717, 1.165) is 11.3 Å². The Hall–Kier alpha value is -0.580. The fourth-order valence-corrected chi connectivity index (χ4v) is 1.89. The largest absolute Gasteiger partial charge is 0.372 e. The Morgan fingerprint density at radius 2 is 2.21 bits per heavy atom. The summed E-state index contributed by atoms with van der Waals surface area (Å²) in [4.78, 5) is 0. The van der Waals surface area contributed by atoms with E-state index >= 15 is 0 Å². The minimum Gasteiger partial charge on any atom is -0.372 e. The standard InChI is InChI=1S/C9H16ClN3O/c1-6-7(8(10)13(3)12-6)9(2,5-11)14-4/h5,11H2,1-4H3. The van der Waals surface area contributed by atoms with E-state index in [1.54, 1.807) is 18.8 Å². The van der Waals surface area contributed by atoms with Gasteiger partial charge in [-0.2, -0.15) is 5.10 Å². The summed E-state index contributed by atoms with van der Waals surface area (Å²) in [5, 5.41) is 4.80. The molecule has 0 fully saturated rings. The van der Waals surface area contributed by atoms with Gasteiger partial charge in [0.05, 0.1) is 5.69 Å². The first-order chi connectivity index (χ1) is 6.46. The van der Waals surface area contributed by atoms with E-state index < -0.39 is 5.60 Å². The Labute approximate surface area is 89.0 Å². The molecule has 1 heterocycles. The van der Waals surface area contributed by atoms with Gasteiger partial charge in [-0.15, -0.1) is 0 Å². The van der Waals surface area contributed by atoms with Crippen LogP contribution in [0, 0.1) is 6.92 Å². The molecule has 14 heavy (non-hydrogen) atoms. The van der Waals surface area contributed by atoms with Crippen LogP contribution < -0.4 is 5.73 Å². The van der Waals surface area contributed by atoms with Crippen molar-refractivity contribution >= 4 is 11.6 Å². The van der Waals surface area contributed by atoms with Gasteiger partial charge in [0.15, 0.2) is 0 Å². The Kier molecular flexibility index (Phi) is 3.19. The third-order valence-electron chi connectivity index (χ3n) is 2.52. The second kappa shape index (κ2) is 3.88. The first-order valence-corrected chi connectivity index (χ1v) is 4.79. The number of aromatic nitrogens is 2. The first kappa shape index (κ1) is 11.5. The van der Waals surface area contributed by atoms with Gasteiger partial charge in [-0.05, 0) is 13.8 Å². The maximum Gasteiger partial charge on any atom is 0.133 e. The van der Waals surface area contributed by atoms with Crippen LogP contribution in [-0.2, 0) is 17.4 Å². The highest BCUT2D eigenvalue weighted by Crippen LogP contribution is 2.32.